The first-order valence-electron chi connectivity index (χ1n) is 10.5. The molecule has 1 saturated carbocycles. The minimum absolute atomic E-state index is 0.00150. The summed E-state index contributed by atoms with van der Waals surface area (Å²) in [6.45, 7) is 1.72. The van der Waals surface area contributed by atoms with Crippen molar-refractivity contribution >= 4 is 38.6 Å². The highest BCUT2D eigenvalue weighted by atomic mass is 32.2. The number of hydrogen-bond donors (Lipinski definition) is 2. The zero-order chi connectivity index (χ0) is 21.4. The van der Waals surface area contributed by atoms with E-state index in [4.69, 9.17) is 4.98 Å². The summed E-state index contributed by atoms with van der Waals surface area (Å²) in [5.41, 5.74) is 1.70. The Morgan fingerprint density at radius 1 is 0.968 bits per heavy atom. The maximum absolute atomic E-state index is 13.0. The molecule has 2 aromatic carbocycles. The molecule has 8 nitrogen and oxygen atoms in total. The van der Waals surface area contributed by atoms with Crippen molar-refractivity contribution < 1.29 is 13.2 Å². The van der Waals surface area contributed by atoms with Crippen LogP contribution in [0, 0.1) is 0 Å². The van der Waals surface area contributed by atoms with Gasteiger partial charge in [-0.25, -0.2) is 23.1 Å². The normalized spacial score (nSPS) is 16.6. The van der Waals surface area contributed by atoms with Crippen molar-refractivity contribution in [3.05, 3.63) is 54.1 Å². The first-order valence-corrected chi connectivity index (χ1v) is 11.9. The monoisotopic (exact) mass is 437 g/mol. The van der Waals surface area contributed by atoms with Crippen molar-refractivity contribution in [2.75, 3.05) is 23.3 Å². The first-order chi connectivity index (χ1) is 15.0. The van der Waals surface area contributed by atoms with Crippen molar-refractivity contribution in [1.29, 1.82) is 0 Å². The van der Waals surface area contributed by atoms with E-state index in [-0.39, 0.29) is 16.5 Å². The number of hydrogen-bond acceptors (Lipinski definition) is 6. The van der Waals surface area contributed by atoms with E-state index in [2.05, 4.69) is 19.9 Å². The van der Waals surface area contributed by atoms with Crippen molar-refractivity contribution in [2.45, 2.75) is 36.6 Å². The van der Waals surface area contributed by atoms with E-state index in [1.807, 2.05) is 24.3 Å². The summed E-state index contributed by atoms with van der Waals surface area (Å²) in [6, 6.07) is 13.6. The van der Waals surface area contributed by atoms with E-state index >= 15 is 0 Å². The van der Waals surface area contributed by atoms with Crippen LogP contribution in [0.4, 0.5) is 11.6 Å². The maximum Gasteiger partial charge on any atom is 0.256 e. The van der Waals surface area contributed by atoms with Gasteiger partial charge in [-0.1, -0.05) is 18.2 Å². The third-order valence-electron chi connectivity index (χ3n) is 5.50. The summed E-state index contributed by atoms with van der Waals surface area (Å²) in [5, 5.41) is 2.86. The van der Waals surface area contributed by atoms with Gasteiger partial charge in [0.25, 0.3) is 5.91 Å². The second-order valence-corrected chi connectivity index (χ2v) is 9.67. The van der Waals surface area contributed by atoms with Gasteiger partial charge in [0.2, 0.25) is 10.0 Å². The van der Waals surface area contributed by atoms with Crippen molar-refractivity contribution in [1.82, 2.24) is 14.7 Å². The molecule has 1 aliphatic heterocycles. The van der Waals surface area contributed by atoms with Crippen LogP contribution in [0.25, 0.3) is 11.0 Å². The van der Waals surface area contributed by atoms with Gasteiger partial charge in [-0.3, -0.25) is 4.79 Å². The van der Waals surface area contributed by atoms with E-state index in [0.717, 1.165) is 44.3 Å². The Morgan fingerprint density at radius 2 is 1.68 bits per heavy atom. The zero-order valence-electron chi connectivity index (χ0n) is 16.9. The molecule has 31 heavy (non-hydrogen) atoms. The van der Waals surface area contributed by atoms with Crippen LogP contribution < -0.4 is 14.9 Å². The Labute approximate surface area is 180 Å². The lowest BCUT2D eigenvalue weighted by atomic mass is 10.2. The number of para-hydroxylation sites is 2. The molecule has 1 aliphatic carbocycles. The molecule has 5 rings (SSSR count). The smallest absolute Gasteiger partial charge is 0.256 e. The number of anilines is 2. The largest absolute Gasteiger partial charge is 0.354 e. The fourth-order valence-electron chi connectivity index (χ4n) is 3.70. The van der Waals surface area contributed by atoms with Gasteiger partial charge in [0.15, 0.2) is 11.6 Å². The van der Waals surface area contributed by atoms with E-state index in [0.29, 0.717) is 17.2 Å². The molecule has 2 fully saturated rings. The summed E-state index contributed by atoms with van der Waals surface area (Å²) < 4.78 is 27.7. The Balaban J connectivity index is 1.46. The molecule has 1 aromatic heterocycles. The highest BCUT2D eigenvalue weighted by Crippen LogP contribution is 2.28. The van der Waals surface area contributed by atoms with Crippen molar-refractivity contribution in [2.24, 2.45) is 0 Å². The third-order valence-corrected chi connectivity index (χ3v) is 7.01. The Kier molecular flexibility index (Phi) is 5.07. The van der Waals surface area contributed by atoms with E-state index < -0.39 is 15.9 Å². The molecule has 2 aliphatic rings. The lowest BCUT2D eigenvalue weighted by Gasteiger charge is -2.20. The van der Waals surface area contributed by atoms with Crippen molar-refractivity contribution in [3.8, 4) is 0 Å². The summed E-state index contributed by atoms with van der Waals surface area (Å²) >= 11 is 0. The summed E-state index contributed by atoms with van der Waals surface area (Å²) in [5.74, 6) is 0.604. The van der Waals surface area contributed by atoms with Crippen LogP contribution in [-0.4, -0.2) is 43.4 Å². The van der Waals surface area contributed by atoms with E-state index in [1.54, 1.807) is 12.1 Å². The van der Waals surface area contributed by atoms with Crippen LogP contribution in [0.3, 0.4) is 0 Å². The molecule has 3 aromatic rings. The SMILES string of the molecule is O=C(Nc1nc2ccccc2nc1N1CCCC1)c1cccc(S(=O)(=O)NC2CC2)c1. The van der Waals surface area contributed by atoms with Gasteiger partial charge < -0.3 is 10.2 Å². The summed E-state index contributed by atoms with van der Waals surface area (Å²) in [4.78, 5) is 24.6. The number of sulfonamides is 1. The van der Waals surface area contributed by atoms with Crippen LogP contribution in [0.5, 0.6) is 0 Å². The number of carbonyl (C=O) groups excluding carboxylic acids is 1. The number of carbonyl (C=O) groups is 1. The minimum atomic E-state index is -3.64. The standard InChI is InChI=1S/C22H23N5O3S/c28-22(15-6-5-7-17(14-15)31(29,30)26-16-10-11-16)25-20-21(27-12-3-4-13-27)24-19-9-2-1-8-18(19)23-20/h1-2,5-9,14,16,26H,3-4,10-13H2,(H,23,25,28). The van der Waals surface area contributed by atoms with Gasteiger partial charge in [0.1, 0.15) is 0 Å². The van der Waals surface area contributed by atoms with E-state index in [1.165, 1.54) is 12.1 Å². The second-order valence-electron chi connectivity index (χ2n) is 7.96. The number of benzene rings is 2. The molecule has 160 valence electrons. The molecule has 2 N–H and O–H groups in total. The predicted molar refractivity (Wildman–Crippen MR) is 119 cm³/mol. The van der Waals surface area contributed by atoms with Gasteiger partial charge in [-0.05, 0) is 56.0 Å². The van der Waals surface area contributed by atoms with Crippen LogP contribution >= 0.6 is 0 Å². The maximum atomic E-state index is 13.0. The lowest BCUT2D eigenvalue weighted by molar-refractivity contribution is 0.102. The minimum Gasteiger partial charge on any atom is -0.354 e. The molecule has 0 atom stereocenters. The molecule has 0 bridgehead atoms. The quantitative estimate of drug-likeness (QED) is 0.614. The topological polar surface area (TPSA) is 104 Å². The van der Waals surface area contributed by atoms with Gasteiger partial charge >= 0.3 is 0 Å². The molecular weight excluding hydrogens is 414 g/mol. The molecule has 2 heterocycles. The highest BCUT2D eigenvalue weighted by molar-refractivity contribution is 7.89. The molecule has 0 spiro atoms. The highest BCUT2D eigenvalue weighted by Gasteiger charge is 2.28. The Morgan fingerprint density at radius 3 is 2.39 bits per heavy atom. The molecule has 9 heteroatoms. The van der Waals surface area contributed by atoms with Crippen LogP contribution in [0.1, 0.15) is 36.0 Å². The fourth-order valence-corrected chi connectivity index (χ4v) is 5.05. The number of nitrogens with zero attached hydrogens (tertiary/aromatic N) is 3. The first kappa shape index (κ1) is 19.9. The van der Waals surface area contributed by atoms with Gasteiger partial charge in [0, 0.05) is 24.7 Å². The number of amides is 1. The van der Waals surface area contributed by atoms with Crippen LogP contribution in [-0.2, 0) is 10.0 Å². The molecule has 0 unspecified atom stereocenters. The third kappa shape index (κ3) is 4.24. The van der Waals surface area contributed by atoms with Crippen LogP contribution in [0.2, 0.25) is 0 Å². The molecule has 0 radical (unpaired) electrons. The number of rotatable bonds is 6. The number of aromatic nitrogens is 2. The Hall–Kier alpha value is -3.04. The molecule has 1 amide bonds. The predicted octanol–water partition coefficient (Wildman–Crippen LogP) is 2.92. The number of fused-ring (bicyclic) bond motifs is 1. The average molecular weight is 438 g/mol. The van der Waals surface area contributed by atoms with Gasteiger partial charge in [0.05, 0.1) is 15.9 Å². The lowest BCUT2D eigenvalue weighted by Crippen LogP contribution is -2.26. The fraction of sp³-hybridized carbons (Fsp3) is 0.318. The molecule has 1 saturated heterocycles. The Bertz CT molecular complexity index is 1250. The van der Waals surface area contributed by atoms with Crippen LogP contribution in [0.15, 0.2) is 53.4 Å². The second kappa shape index (κ2) is 7.90. The number of nitrogens with one attached hydrogen (secondary N) is 2. The van der Waals surface area contributed by atoms with Gasteiger partial charge in [-0.2, -0.15) is 0 Å². The summed E-state index contributed by atoms with van der Waals surface area (Å²) in [7, 11) is -3.64. The summed E-state index contributed by atoms with van der Waals surface area (Å²) in [6.07, 6.45) is 3.82. The zero-order valence-corrected chi connectivity index (χ0v) is 17.7. The van der Waals surface area contributed by atoms with E-state index in [9.17, 15) is 13.2 Å². The van der Waals surface area contributed by atoms with Crippen molar-refractivity contribution in [3.63, 3.8) is 0 Å². The average Bonchev–Trinajstić information content (AvgIpc) is 3.40. The molecular formula is C22H23N5O3S. The van der Waals surface area contributed by atoms with Gasteiger partial charge in [-0.15, -0.1) is 0 Å².